The molecule has 0 aliphatic carbocycles. The zero-order valence-corrected chi connectivity index (χ0v) is 23.3. The minimum absolute atomic E-state index is 0.0127. The molecular weight excluding hydrogens is 555 g/mol. The van der Waals surface area contributed by atoms with Crippen molar-refractivity contribution in [1.29, 1.82) is 0 Å². The van der Waals surface area contributed by atoms with Crippen molar-refractivity contribution in [3.05, 3.63) is 79.4 Å². The smallest absolute Gasteiger partial charge is 0.324 e. The summed E-state index contributed by atoms with van der Waals surface area (Å²) in [4.78, 5) is 32.9. The van der Waals surface area contributed by atoms with Gasteiger partial charge in [-0.25, -0.2) is 4.98 Å². The monoisotopic (exact) mass is 579 g/mol. The van der Waals surface area contributed by atoms with E-state index in [0.717, 1.165) is 65.2 Å². The van der Waals surface area contributed by atoms with E-state index in [9.17, 15) is 22.8 Å². The quantitative estimate of drug-likeness (QED) is 0.172. The van der Waals surface area contributed by atoms with Crippen molar-refractivity contribution < 1.29 is 18.0 Å². The van der Waals surface area contributed by atoms with E-state index in [0.29, 0.717) is 21.1 Å². The number of nitrogens with one attached hydrogen (secondary N) is 1. The Hall–Kier alpha value is -2.82. The number of amides is 1. The molecule has 0 aliphatic heterocycles. The van der Waals surface area contributed by atoms with Gasteiger partial charge in [0.05, 0.1) is 33.1 Å². The Morgan fingerprint density at radius 1 is 1.16 bits per heavy atom. The van der Waals surface area contributed by atoms with E-state index < -0.39 is 17.6 Å². The van der Waals surface area contributed by atoms with Gasteiger partial charge in [-0.3, -0.25) is 14.2 Å². The Bertz CT molecular complexity index is 1550. The fourth-order valence-corrected chi connectivity index (χ4v) is 6.29. The molecule has 0 spiro atoms. The number of benzene rings is 2. The second kappa shape index (κ2) is 11.5. The number of hydrogen-bond donors (Lipinski definition) is 1. The molecule has 0 saturated heterocycles. The van der Waals surface area contributed by atoms with Crippen LogP contribution in [0.2, 0.25) is 5.02 Å². The van der Waals surface area contributed by atoms with Crippen molar-refractivity contribution in [2.24, 2.45) is 0 Å². The first-order chi connectivity index (χ1) is 18.0. The number of halogens is 4. The minimum Gasteiger partial charge on any atom is -0.324 e. The van der Waals surface area contributed by atoms with E-state index in [1.54, 1.807) is 0 Å². The number of aryl methyl sites for hydroxylation is 3. The molecular formula is C27H25ClF3N3O2S2. The Balaban J connectivity index is 1.69. The van der Waals surface area contributed by atoms with Crippen LogP contribution in [-0.4, -0.2) is 21.2 Å². The van der Waals surface area contributed by atoms with E-state index in [-0.39, 0.29) is 22.0 Å². The van der Waals surface area contributed by atoms with Gasteiger partial charge in [-0.1, -0.05) is 55.8 Å². The summed E-state index contributed by atoms with van der Waals surface area (Å²) >= 11 is 8.52. The van der Waals surface area contributed by atoms with Gasteiger partial charge in [0.25, 0.3) is 5.56 Å². The number of anilines is 1. The molecule has 4 rings (SSSR count). The molecule has 2 heterocycles. The average molecular weight is 580 g/mol. The summed E-state index contributed by atoms with van der Waals surface area (Å²) in [5, 5.41) is 3.31. The van der Waals surface area contributed by atoms with Crippen LogP contribution in [0.5, 0.6) is 0 Å². The van der Waals surface area contributed by atoms with Gasteiger partial charge in [-0.05, 0) is 61.2 Å². The van der Waals surface area contributed by atoms with Crippen LogP contribution in [0.25, 0.3) is 15.9 Å². The third-order valence-corrected chi connectivity index (χ3v) is 8.53. The fourth-order valence-electron chi connectivity index (χ4n) is 3.99. The van der Waals surface area contributed by atoms with Crippen molar-refractivity contribution in [2.45, 2.75) is 51.4 Å². The second-order valence-corrected chi connectivity index (χ2v) is 11.1. The van der Waals surface area contributed by atoms with E-state index in [2.05, 4.69) is 12.2 Å². The summed E-state index contributed by atoms with van der Waals surface area (Å²) in [5.41, 5.74) is 1.36. The van der Waals surface area contributed by atoms with E-state index in [4.69, 9.17) is 16.6 Å². The van der Waals surface area contributed by atoms with Crippen LogP contribution in [0.3, 0.4) is 0 Å². The number of fused-ring (bicyclic) bond motifs is 1. The number of rotatable bonds is 8. The van der Waals surface area contributed by atoms with E-state index in [1.807, 2.05) is 38.1 Å². The maximum Gasteiger partial charge on any atom is 0.416 e. The van der Waals surface area contributed by atoms with Crippen molar-refractivity contribution in [2.75, 3.05) is 11.1 Å². The molecule has 0 fully saturated rings. The van der Waals surface area contributed by atoms with Gasteiger partial charge >= 0.3 is 6.18 Å². The van der Waals surface area contributed by atoms with Gasteiger partial charge in [-0.2, -0.15) is 13.2 Å². The topological polar surface area (TPSA) is 64.0 Å². The summed E-state index contributed by atoms with van der Waals surface area (Å²) in [6, 6.07) is 10.3. The number of carbonyl (C=O) groups excluding carboxylic acids is 1. The third kappa shape index (κ3) is 5.92. The second-order valence-electron chi connectivity index (χ2n) is 8.66. The molecule has 38 heavy (non-hydrogen) atoms. The van der Waals surface area contributed by atoms with Crippen LogP contribution in [0.1, 0.15) is 41.8 Å². The first kappa shape index (κ1) is 28.2. The first-order valence-electron chi connectivity index (χ1n) is 12.0. The van der Waals surface area contributed by atoms with Gasteiger partial charge in [0, 0.05) is 4.88 Å². The number of alkyl halides is 3. The average Bonchev–Trinajstić information content (AvgIpc) is 3.19. The number of nitrogens with zero attached hydrogens (tertiary/aromatic N) is 2. The highest BCUT2D eigenvalue weighted by atomic mass is 35.5. The molecule has 0 saturated carbocycles. The number of aromatic nitrogens is 2. The highest BCUT2D eigenvalue weighted by molar-refractivity contribution is 7.99. The van der Waals surface area contributed by atoms with Crippen molar-refractivity contribution in [3.63, 3.8) is 0 Å². The molecule has 0 unspecified atom stereocenters. The zero-order valence-electron chi connectivity index (χ0n) is 20.9. The van der Waals surface area contributed by atoms with Crippen LogP contribution in [0, 0.1) is 6.92 Å². The number of hydrogen-bond acceptors (Lipinski definition) is 5. The predicted octanol–water partition coefficient (Wildman–Crippen LogP) is 7.67. The van der Waals surface area contributed by atoms with Crippen LogP contribution in [0.4, 0.5) is 18.9 Å². The summed E-state index contributed by atoms with van der Waals surface area (Å²) < 4.78 is 40.8. The molecule has 1 amide bonds. The molecule has 0 bridgehead atoms. The molecule has 5 nitrogen and oxygen atoms in total. The summed E-state index contributed by atoms with van der Waals surface area (Å²) in [6.45, 7) is 6.03. The standard InChI is InChI=1S/C27H25ClF3N3O2S2/c1-4-6-21-15(3)23-24(38-21)33-26(34(25(23)36)18-10-7-16(5-2)8-11-18)37-14-22(35)32-20-13-17(27(29,30)31)9-12-19(20)28/h7-13H,4-6,14H2,1-3H3,(H,32,35). The first-order valence-corrected chi connectivity index (χ1v) is 14.1. The minimum atomic E-state index is -4.57. The summed E-state index contributed by atoms with van der Waals surface area (Å²) in [6.07, 6.45) is -1.96. The molecule has 1 N–H and O–H groups in total. The highest BCUT2D eigenvalue weighted by Crippen LogP contribution is 2.34. The summed E-state index contributed by atoms with van der Waals surface area (Å²) in [5.74, 6) is -0.767. The Kier molecular flexibility index (Phi) is 8.54. The molecule has 0 radical (unpaired) electrons. The van der Waals surface area contributed by atoms with Crippen LogP contribution in [0.15, 0.2) is 52.4 Å². The number of thioether (sulfide) groups is 1. The zero-order chi connectivity index (χ0) is 27.6. The highest BCUT2D eigenvalue weighted by Gasteiger charge is 2.31. The lowest BCUT2D eigenvalue weighted by Gasteiger charge is -2.14. The molecule has 4 aromatic rings. The molecule has 200 valence electrons. The lowest BCUT2D eigenvalue weighted by Crippen LogP contribution is -2.23. The van der Waals surface area contributed by atoms with Crippen LogP contribution in [-0.2, 0) is 23.8 Å². The van der Waals surface area contributed by atoms with Gasteiger partial charge in [-0.15, -0.1) is 11.3 Å². The van der Waals surface area contributed by atoms with Crippen LogP contribution >= 0.6 is 34.7 Å². The Morgan fingerprint density at radius 2 is 1.87 bits per heavy atom. The largest absolute Gasteiger partial charge is 0.416 e. The van der Waals surface area contributed by atoms with E-state index >= 15 is 0 Å². The maximum atomic E-state index is 13.7. The van der Waals surface area contributed by atoms with Gasteiger partial charge in [0.1, 0.15) is 4.83 Å². The summed E-state index contributed by atoms with van der Waals surface area (Å²) in [7, 11) is 0. The lowest BCUT2D eigenvalue weighted by molar-refractivity contribution is -0.137. The normalized spacial score (nSPS) is 11.8. The molecule has 2 aromatic carbocycles. The van der Waals surface area contributed by atoms with Gasteiger partial charge in [0.15, 0.2) is 5.16 Å². The number of carbonyl (C=O) groups is 1. The van der Waals surface area contributed by atoms with Crippen molar-refractivity contribution >= 4 is 56.5 Å². The van der Waals surface area contributed by atoms with Gasteiger partial charge in [0.2, 0.25) is 5.91 Å². The van der Waals surface area contributed by atoms with E-state index in [1.165, 1.54) is 15.9 Å². The SMILES string of the molecule is CCCc1sc2nc(SCC(=O)Nc3cc(C(F)(F)F)ccc3Cl)n(-c3ccc(CC)cc3)c(=O)c2c1C. The molecule has 0 aliphatic rings. The van der Waals surface area contributed by atoms with Crippen molar-refractivity contribution in [1.82, 2.24) is 9.55 Å². The van der Waals surface area contributed by atoms with Crippen molar-refractivity contribution in [3.8, 4) is 5.69 Å². The molecule has 11 heteroatoms. The molecule has 0 atom stereocenters. The Labute approximate surface area is 231 Å². The maximum absolute atomic E-state index is 13.7. The third-order valence-electron chi connectivity index (χ3n) is 6.01. The fraction of sp³-hybridized carbons (Fsp3) is 0.296. The van der Waals surface area contributed by atoms with Crippen LogP contribution < -0.4 is 10.9 Å². The Morgan fingerprint density at radius 3 is 2.50 bits per heavy atom. The van der Waals surface area contributed by atoms with Gasteiger partial charge < -0.3 is 5.32 Å². The molecule has 2 aromatic heterocycles. The number of thiophene rings is 1. The lowest BCUT2D eigenvalue weighted by atomic mass is 10.1. The predicted molar refractivity (Wildman–Crippen MR) is 149 cm³/mol.